The van der Waals surface area contributed by atoms with Crippen LogP contribution in [0.5, 0.6) is 0 Å². The van der Waals surface area contributed by atoms with Crippen LogP contribution in [0.3, 0.4) is 0 Å². The van der Waals surface area contributed by atoms with E-state index in [0.29, 0.717) is 10.2 Å². The van der Waals surface area contributed by atoms with Crippen LogP contribution >= 0.6 is 0 Å². The Bertz CT molecular complexity index is 1630. The number of aromatic nitrogens is 5. The van der Waals surface area contributed by atoms with E-state index < -0.39 is 81.1 Å². The number of nitrogens with one attached hydrogen (secondary N) is 2. The molecular weight excluding hydrogens is 544 g/mol. The summed E-state index contributed by atoms with van der Waals surface area (Å²) in [7, 11) is 0. The Morgan fingerprint density at radius 2 is 1.98 bits per heavy atom. The van der Waals surface area contributed by atoms with Crippen LogP contribution < -0.4 is 10.6 Å². The predicted molar refractivity (Wildman–Crippen MR) is 139 cm³/mol. The lowest BCUT2D eigenvalue weighted by Gasteiger charge is -2.38. The molecule has 3 aromatic heterocycles. The molecule has 0 spiro atoms. The molecule has 6 rings (SSSR count). The van der Waals surface area contributed by atoms with E-state index in [1.54, 1.807) is 6.07 Å². The number of nitrogens with zero attached hydrogens (tertiary/aromatic N) is 6. The molecule has 3 amide bonds. The van der Waals surface area contributed by atoms with Crippen LogP contribution in [0.4, 0.5) is 22.4 Å². The van der Waals surface area contributed by atoms with Gasteiger partial charge in [0.15, 0.2) is 5.65 Å². The Balaban J connectivity index is 1.33. The summed E-state index contributed by atoms with van der Waals surface area (Å²) in [5.74, 6) is -7.42. The molecule has 3 fully saturated rings. The number of hydrogen-bond donors (Lipinski definition) is 2. The normalized spacial score (nSPS) is 24.8. The Morgan fingerprint density at radius 3 is 2.71 bits per heavy atom. The number of amides is 3. The number of urea groups is 1. The molecule has 2 aliphatic carbocycles. The second-order valence-corrected chi connectivity index (χ2v) is 11.1. The topological polar surface area (TPSA) is 109 Å². The first-order valence-electron chi connectivity index (χ1n) is 16.0. The van der Waals surface area contributed by atoms with Crippen molar-refractivity contribution < 1.29 is 34.0 Å². The van der Waals surface area contributed by atoms with E-state index in [-0.39, 0.29) is 35.8 Å². The van der Waals surface area contributed by atoms with Crippen LogP contribution in [-0.2, 0) is 6.50 Å². The summed E-state index contributed by atoms with van der Waals surface area (Å²) in [5, 5.41) is 13.1. The van der Waals surface area contributed by atoms with Crippen molar-refractivity contribution in [2.45, 2.75) is 75.8 Å². The highest BCUT2D eigenvalue weighted by Gasteiger charge is 2.47. The Kier molecular flexibility index (Phi) is 5.51. The van der Waals surface area contributed by atoms with Gasteiger partial charge in [0.05, 0.1) is 46.0 Å². The third-order valence-electron chi connectivity index (χ3n) is 8.09. The summed E-state index contributed by atoms with van der Waals surface area (Å²) in [6.07, 6.45) is 4.73. The number of alkyl halides is 4. The van der Waals surface area contributed by atoms with Gasteiger partial charge < -0.3 is 15.5 Å². The zero-order valence-electron chi connectivity index (χ0n) is 26.9. The number of hydrogen-bond acceptors (Lipinski definition) is 5. The van der Waals surface area contributed by atoms with Crippen LogP contribution in [-0.4, -0.2) is 66.2 Å². The zero-order valence-corrected chi connectivity index (χ0v) is 21.9. The van der Waals surface area contributed by atoms with Crippen molar-refractivity contribution in [2.75, 3.05) is 13.1 Å². The second-order valence-electron chi connectivity index (χ2n) is 11.1. The molecular formula is C27H32F4N8O2. The van der Waals surface area contributed by atoms with Crippen LogP contribution in [0.15, 0.2) is 30.7 Å². The molecule has 2 saturated carbocycles. The number of rotatable bonds is 8. The van der Waals surface area contributed by atoms with E-state index in [4.69, 9.17) is 6.85 Å². The first kappa shape index (κ1) is 22.0. The minimum Gasteiger partial charge on any atom is -0.342 e. The van der Waals surface area contributed by atoms with Crippen molar-refractivity contribution in [1.82, 2.24) is 39.9 Å². The smallest absolute Gasteiger partial charge is 0.318 e. The minimum atomic E-state index is -3.16. The average Bonchev–Trinajstić information content (AvgIpc) is 3.49. The third-order valence-corrected chi connectivity index (χ3v) is 8.09. The quantitative estimate of drug-likeness (QED) is 0.385. The maximum Gasteiger partial charge on any atom is 0.318 e. The molecule has 4 heterocycles. The summed E-state index contributed by atoms with van der Waals surface area (Å²) in [4.78, 5) is 31.9. The largest absolute Gasteiger partial charge is 0.342 e. The summed E-state index contributed by atoms with van der Waals surface area (Å²) in [5.41, 5.74) is 0.629. The SMILES string of the molecule is [2H]C([2H])([2H])C([2H])([2H])n1nccc1C(=O)N[C@H](c1cn2ncc([C@@H](C3CC3)N3CC(F)(F)CNC3=O)cc2n1)C1CCC(F)(F)CC1. The number of carbonyl (C=O) groups is 2. The number of aryl methyl sites for hydroxylation is 1. The second kappa shape index (κ2) is 10.3. The maximum atomic E-state index is 14.3. The van der Waals surface area contributed by atoms with Gasteiger partial charge in [-0.2, -0.15) is 10.2 Å². The van der Waals surface area contributed by atoms with Gasteiger partial charge >= 0.3 is 6.03 Å². The Labute approximate surface area is 240 Å². The first-order valence-corrected chi connectivity index (χ1v) is 13.5. The van der Waals surface area contributed by atoms with Gasteiger partial charge in [0.2, 0.25) is 5.92 Å². The predicted octanol–water partition coefficient (Wildman–Crippen LogP) is 4.35. The Morgan fingerprint density at radius 1 is 1.20 bits per heavy atom. The maximum absolute atomic E-state index is 14.3. The van der Waals surface area contributed by atoms with Crippen molar-refractivity contribution in [3.63, 3.8) is 0 Å². The van der Waals surface area contributed by atoms with Gasteiger partial charge in [-0.15, -0.1) is 0 Å². The van der Waals surface area contributed by atoms with E-state index in [2.05, 4.69) is 25.8 Å². The van der Waals surface area contributed by atoms with Gasteiger partial charge in [0.1, 0.15) is 5.69 Å². The third kappa shape index (κ3) is 5.60. The molecule has 220 valence electrons. The van der Waals surface area contributed by atoms with Gasteiger partial charge in [-0.1, -0.05) is 0 Å². The number of carbonyl (C=O) groups excluding carboxylic acids is 2. The van der Waals surface area contributed by atoms with E-state index in [0.717, 1.165) is 30.0 Å². The lowest BCUT2D eigenvalue weighted by Crippen LogP contribution is -2.58. The minimum absolute atomic E-state index is 0.0297. The fourth-order valence-corrected chi connectivity index (χ4v) is 5.86. The highest BCUT2D eigenvalue weighted by atomic mass is 19.3. The fourth-order valence-electron chi connectivity index (χ4n) is 5.86. The summed E-state index contributed by atoms with van der Waals surface area (Å²) >= 11 is 0. The van der Waals surface area contributed by atoms with Gasteiger partial charge in [-0.25, -0.2) is 31.9 Å². The van der Waals surface area contributed by atoms with E-state index >= 15 is 0 Å². The standard InChI is InChI=1S/C27H32F4N8O2/c1-2-38-20(7-10-33-38)24(40)36-22(16-5-8-26(28,29)9-6-16)19-13-39-21(35-19)11-18(12-34-39)23(17-3-4-17)37-15-27(30,31)14-32-25(37)41/h7,10-13,16-17,22-23H,2-6,8-9,14-15H2,1H3,(H,32,41)(H,36,40)/t22-,23+/m0/s1/i1D3,2D2. The summed E-state index contributed by atoms with van der Waals surface area (Å²) in [6.45, 7) is -7.68. The molecule has 2 atom stereocenters. The van der Waals surface area contributed by atoms with Crippen LogP contribution in [0.1, 0.15) is 86.1 Å². The van der Waals surface area contributed by atoms with E-state index in [9.17, 15) is 27.2 Å². The molecule has 0 radical (unpaired) electrons. The van der Waals surface area contributed by atoms with Crippen molar-refractivity contribution in [2.24, 2.45) is 11.8 Å². The molecule has 14 heteroatoms. The van der Waals surface area contributed by atoms with E-state index in [1.807, 2.05) is 0 Å². The van der Waals surface area contributed by atoms with Crippen LogP contribution in [0.25, 0.3) is 5.65 Å². The molecule has 0 unspecified atom stereocenters. The van der Waals surface area contributed by atoms with Crippen LogP contribution in [0, 0.1) is 11.8 Å². The van der Waals surface area contributed by atoms with Crippen molar-refractivity contribution >= 4 is 17.6 Å². The summed E-state index contributed by atoms with van der Waals surface area (Å²) in [6, 6.07) is 0.536. The van der Waals surface area contributed by atoms with Gasteiger partial charge in [-0.3, -0.25) is 9.48 Å². The molecule has 10 nitrogen and oxygen atoms in total. The van der Waals surface area contributed by atoms with Crippen molar-refractivity contribution in [1.29, 1.82) is 0 Å². The lowest BCUT2D eigenvalue weighted by atomic mass is 9.81. The van der Waals surface area contributed by atoms with Gasteiger partial charge in [0, 0.05) is 29.6 Å². The first-order chi connectivity index (χ1) is 21.5. The highest BCUT2D eigenvalue weighted by molar-refractivity contribution is 5.92. The van der Waals surface area contributed by atoms with Gasteiger partial charge in [-0.05, 0) is 62.1 Å². The average molecular weight is 582 g/mol. The summed E-state index contributed by atoms with van der Waals surface area (Å²) < 4.78 is 97.5. The molecule has 41 heavy (non-hydrogen) atoms. The molecule has 1 saturated heterocycles. The number of fused-ring (bicyclic) bond motifs is 1. The molecule has 0 bridgehead atoms. The monoisotopic (exact) mass is 581 g/mol. The van der Waals surface area contributed by atoms with E-state index in [1.165, 1.54) is 16.9 Å². The number of halogens is 4. The van der Waals surface area contributed by atoms with Crippen molar-refractivity contribution in [3.8, 4) is 0 Å². The molecule has 3 aliphatic rings. The fraction of sp³-hybridized carbons (Fsp3) is 0.593. The van der Waals surface area contributed by atoms with Crippen molar-refractivity contribution in [3.05, 3.63) is 47.7 Å². The number of imidazole rings is 1. The zero-order chi connectivity index (χ0) is 33.2. The van der Waals surface area contributed by atoms with Gasteiger partial charge in [0.25, 0.3) is 11.8 Å². The lowest BCUT2D eigenvalue weighted by molar-refractivity contribution is -0.0495. The highest BCUT2D eigenvalue weighted by Crippen LogP contribution is 2.46. The molecule has 2 N–H and O–H groups in total. The molecule has 0 aromatic carbocycles. The van der Waals surface area contributed by atoms with Crippen LogP contribution in [0.2, 0.25) is 0 Å². The molecule has 3 aromatic rings. The Hall–Kier alpha value is -3.71. The molecule has 1 aliphatic heterocycles.